The summed E-state index contributed by atoms with van der Waals surface area (Å²) in [4.78, 5) is 8.62. The third-order valence-corrected chi connectivity index (χ3v) is 4.07. The molecule has 0 bridgehead atoms. The van der Waals surface area contributed by atoms with Crippen molar-refractivity contribution in [3.05, 3.63) is 35.1 Å². The summed E-state index contributed by atoms with van der Waals surface area (Å²) in [6.07, 6.45) is 8.76. The normalized spacial score (nSPS) is 10.3. The Morgan fingerprint density at radius 2 is 2.24 bits per heavy atom. The molecule has 0 aliphatic heterocycles. The van der Waals surface area contributed by atoms with Gasteiger partial charge in [0.1, 0.15) is 5.82 Å². The molecule has 2 N–H and O–H groups in total. The van der Waals surface area contributed by atoms with Crippen LogP contribution in [0.5, 0.6) is 0 Å². The van der Waals surface area contributed by atoms with Gasteiger partial charge >= 0.3 is 0 Å². The molecule has 0 aliphatic rings. The molecule has 2 heterocycles. The van der Waals surface area contributed by atoms with Gasteiger partial charge in [0.25, 0.3) is 0 Å². The minimum Gasteiger partial charge on any atom is -0.358 e. The first kappa shape index (κ1) is 13.8. The van der Waals surface area contributed by atoms with Crippen molar-refractivity contribution in [2.75, 3.05) is 17.2 Å². The zero-order valence-electron chi connectivity index (χ0n) is 10.8. The van der Waals surface area contributed by atoms with Crippen molar-refractivity contribution in [1.29, 1.82) is 0 Å². The summed E-state index contributed by atoms with van der Waals surface area (Å²) in [6, 6.07) is 6.00. The van der Waals surface area contributed by atoms with E-state index in [9.17, 15) is 0 Å². The summed E-state index contributed by atoms with van der Waals surface area (Å²) < 4.78 is 6.07. The highest BCUT2D eigenvalue weighted by Gasteiger charge is 2.05. The van der Waals surface area contributed by atoms with Gasteiger partial charge in [0.2, 0.25) is 5.95 Å². The second-order valence-corrected chi connectivity index (χ2v) is 5.84. The highest BCUT2D eigenvalue weighted by Crippen LogP contribution is 2.25. The van der Waals surface area contributed by atoms with Crippen LogP contribution >= 0.6 is 27.5 Å². The summed E-state index contributed by atoms with van der Waals surface area (Å²) in [7, 11) is 0. The number of hydrogen-bond donors (Lipinski definition) is 2. The van der Waals surface area contributed by atoms with Crippen LogP contribution < -0.4 is 10.6 Å². The van der Waals surface area contributed by atoms with E-state index in [1.807, 2.05) is 24.4 Å². The second kappa shape index (κ2) is 6.08. The molecule has 0 radical (unpaired) electrons. The number of anilines is 3. The van der Waals surface area contributed by atoms with Gasteiger partial charge in [-0.05, 0) is 45.7 Å². The second-order valence-electron chi connectivity index (χ2n) is 4.15. The standard InChI is InChI=1S/C14H10BrN5S/c1-2-5-16-13-11(15)8-17-14(20-13)19-10-3-4-12-9(6-10)7-18-21-12/h1,3-4,6-8H,5H2,(H2,16,17,19,20). The Bertz CT molecular complexity index is 824. The monoisotopic (exact) mass is 359 g/mol. The van der Waals surface area contributed by atoms with Crippen LogP contribution in [0.4, 0.5) is 17.5 Å². The van der Waals surface area contributed by atoms with E-state index >= 15 is 0 Å². The van der Waals surface area contributed by atoms with Crippen molar-refractivity contribution in [2.45, 2.75) is 0 Å². The van der Waals surface area contributed by atoms with Gasteiger partial charge in [0.05, 0.1) is 15.7 Å². The maximum Gasteiger partial charge on any atom is 0.229 e. The molecule has 0 saturated heterocycles. The fraction of sp³-hybridized carbons (Fsp3) is 0.0714. The molecule has 0 unspecified atom stereocenters. The first-order valence-corrected chi connectivity index (χ1v) is 7.64. The number of hydrogen-bond acceptors (Lipinski definition) is 6. The fourth-order valence-corrected chi connectivity index (χ4v) is 2.72. The first-order chi connectivity index (χ1) is 10.3. The van der Waals surface area contributed by atoms with Crippen molar-refractivity contribution < 1.29 is 0 Å². The van der Waals surface area contributed by atoms with Crippen LogP contribution in [0.3, 0.4) is 0 Å². The number of fused-ring (bicyclic) bond motifs is 1. The number of terminal acetylenes is 1. The van der Waals surface area contributed by atoms with Gasteiger partial charge in [0, 0.05) is 23.5 Å². The average Bonchev–Trinajstić information content (AvgIpc) is 2.95. The van der Waals surface area contributed by atoms with Crippen LogP contribution in [0.15, 0.2) is 35.1 Å². The third kappa shape index (κ3) is 3.12. The molecule has 0 saturated carbocycles. The largest absolute Gasteiger partial charge is 0.358 e. The highest BCUT2D eigenvalue weighted by molar-refractivity contribution is 9.10. The van der Waals surface area contributed by atoms with Gasteiger partial charge in [-0.3, -0.25) is 0 Å². The third-order valence-electron chi connectivity index (χ3n) is 2.71. The molecule has 104 valence electrons. The van der Waals surface area contributed by atoms with Crippen molar-refractivity contribution in [2.24, 2.45) is 0 Å². The smallest absolute Gasteiger partial charge is 0.229 e. The number of nitrogens with zero attached hydrogens (tertiary/aromatic N) is 3. The Hall–Kier alpha value is -2.17. The lowest BCUT2D eigenvalue weighted by Gasteiger charge is -2.08. The van der Waals surface area contributed by atoms with Crippen molar-refractivity contribution >= 4 is 55.0 Å². The number of benzene rings is 1. The Morgan fingerprint density at radius 1 is 1.33 bits per heavy atom. The summed E-state index contributed by atoms with van der Waals surface area (Å²) in [5.74, 6) is 3.67. The van der Waals surface area contributed by atoms with E-state index < -0.39 is 0 Å². The van der Waals surface area contributed by atoms with E-state index in [0.29, 0.717) is 18.3 Å². The van der Waals surface area contributed by atoms with Crippen molar-refractivity contribution in [3.63, 3.8) is 0 Å². The molecule has 0 amide bonds. The van der Waals surface area contributed by atoms with Crippen LogP contribution in [0.1, 0.15) is 0 Å². The van der Waals surface area contributed by atoms with Gasteiger partial charge in [-0.2, -0.15) is 9.36 Å². The Labute approximate surface area is 134 Å². The predicted octanol–water partition coefficient (Wildman–Crippen LogP) is 3.64. The topological polar surface area (TPSA) is 62.7 Å². The zero-order chi connectivity index (χ0) is 14.7. The maximum absolute atomic E-state index is 5.24. The quantitative estimate of drug-likeness (QED) is 0.696. The SMILES string of the molecule is C#CCNc1nc(Nc2ccc3sncc3c2)ncc1Br. The molecule has 3 rings (SSSR count). The van der Waals surface area contributed by atoms with E-state index in [2.05, 4.69) is 46.8 Å². The lowest BCUT2D eigenvalue weighted by Crippen LogP contribution is -2.05. The maximum atomic E-state index is 5.24. The van der Waals surface area contributed by atoms with Crippen LogP contribution in [0.2, 0.25) is 0 Å². The number of aromatic nitrogens is 3. The van der Waals surface area contributed by atoms with Crippen molar-refractivity contribution in [1.82, 2.24) is 14.3 Å². The first-order valence-electron chi connectivity index (χ1n) is 6.07. The molecule has 1 aromatic carbocycles. The van der Waals surface area contributed by atoms with Gasteiger partial charge in [-0.15, -0.1) is 6.42 Å². The summed E-state index contributed by atoms with van der Waals surface area (Å²) >= 11 is 4.85. The molecule has 0 aliphatic carbocycles. The molecule has 0 spiro atoms. The van der Waals surface area contributed by atoms with Gasteiger partial charge in [-0.1, -0.05) is 5.92 Å². The summed E-state index contributed by atoms with van der Waals surface area (Å²) in [5.41, 5.74) is 0.910. The molecule has 2 aromatic heterocycles. The number of rotatable bonds is 4. The minimum absolute atomic E-state index is 0.404. The molecule has 5 nitrogen and oxygen atoms in total. The van der Waals surface area contributed by atoms with E-state index in [1.165, 1.54) is 11.5 Å². The Morgan fingerprint density at radius 3 is 3.10 bits per heavy atom. The molecule has 7 heteroatoms. The minimum atomic E-state index is 0.404. The molecular formula is C14H10BrN5S. The van der Waals surface area contributed by atoms with E-state index in [0.717, 1.165) is 20.2 Å². The van der Waals surface area contributed by atoms with Gasteiger partial charge in [-0.25, -0.2) is 4.98 Å². The molecule has 3 aromatic rings. The molecule has 0 atom stereocenters. The van der Waals surface area contributed by atoms with Crippen LogP contribution in [-0.4, -0.2) is 20.9 Å². The molecule has 21 heavy (non-hydrogen) atoms. The summed E-state index contributed by atoms with van der Waals surface area (Å²) in [5, 5.41) is 7.29. The number of halogens is 1. The summed E-state index contributed by atoms with van der Waals surface area (Å²) in [6.45, 7) is 0.404. The zero-order valence-corrected chi connectivity index (χ0v) is 13.2. The Balaban J connectivity index is 1.85. The van der Waals surface area contributed by atoms with Crippen molar-refractivity contribution in [3.8, 4) is 12.3 Å². The Kier molecular flexibility index (Phi) is 3.99. The van der Waals surface area contributed by atoms with Gasteiger partial charge < -0.3 is 10.6 Å². The fourth-order valence-electron chi connectivity index (χ4n) is 1.77. The lowest BCUT2D eigenvalue weighted by atomic mass is 10.2. The number of nitrogens with one attached hydrogen (secondary N) is 2. The lowest BCUT2D eigenvalue weighted by molar-refractivity contribution is 1.13. The predicted molar refractivity (Wildman–Crippen MR) is 90.0 cm³/mol. The van der Waals surface area contributed by atoms with Crippen LogP contribution in [0.25, 0.3) is 10.1 Å². The van der Waals surface area contributed by atoms with E-state index in [1.54, 1.807) is 6.20 Å². The molecular weight excluding hydrogens is 350 g/mol. The van der Waals surface area contributed by atoms with E-state index in [4.69, 9.17) is 6.42 Å². The van der Waals surface area contributed by atoms with E-state index in [-0.39, 0.29) is 0 Å². The average molecular weight is 360 g/mol. The van der Waals surface area contributed by atoms with Crippen LogP contribution in [-0.2, 0) is 0 Å². The highest BCUT2D eigenvalue weighted by atomic mass is 79.9. The van der Waals surface area contributed by atoms with Crippen LogP contribution in [0, 0.1) is 12.3 Å². The molecule has 0 fully saturated rings. The van der Waals surface area contributed by atoms with Gasteiger partial charge in [0.15, 0.2) is 0 Å².